The van der Waals surface area contributed by atoms with Crippen molar-refractivity contribution in [3.63, 3.8) is 0 Å². The third-order valence-electron chi connectivity index (χ3n) is 6.08. The summed E-state index contributed by atoms with van der Waals surface area (Å²) >= 11 is 0. The van der Waals surface area contributed by atoms with Gasteiger partial charge in [0, 0.05) is 38.3 Å². The van der Waals surface area contributed by atoms with Crippen molar-refractivity contribution in [3.8, 4) is 0 Å². The van der Waals surface area contributed by atoms with Crippen molar-refractivity contribution in [3.05, 3.63) is 59.2 Å². The van der Waals surface area contributed by atoms with Gasteiger partial charge in [-0.3, -0.25) is 14.4 Å². The molecule has 3 amide bonds. The van der Waals surface area contributed by atoms with Gasteiger partial charge in [-0.1, -0.05) is 18.2 Å². The largest absolute Gasteiger partial charge is 0.488 e. The van der Waals surface area contributed by atoms with E-state index in [1.165, 1.54) is 4.90 Å². The van der Waals surface area contributed by atoms with Gasteiger partial charge in [0.1, 0.15) is 6.04 Å². The van der Waals surface area contributed by atoms with Crippen LogP contribution in [0.25, 0.3) is 0 Å². The normalized spacial score (nSPS) is 13.2. The molecule has 0 fully saturated rings. The number of benzene rings is 2. The Kier molecular flexibility index (Phi) is 12.5. The lowest BCUT2D eigenvalue weighted by atomic mass is 9.79. The summed E-state index contributed by atoms with van der Waals surface area (Å²) in [6, 6.07) is 2.27. The summed E-state index contributed by atoms with van der Waals surface area (Å²) in [4.78, 5) is 39.9. The van der Waals surface area contributed by atoms with E-state index in [0.29, 0.717) is 12.1 Å². The monoisotopic (exact) mass is 620 g/mol. The molecule has 2 atom stereocenters. The zero-order valence-electron chi connectivity index (χ0n) is 22.6. The molecule has 0 bridgehead atoms. The maximum atomic E-state index is 13.4. The van der Waals surface area contributed by atoms with E-state index in [1.807, 2.05) is 0 Å². The summed E-state index contributed by atoms with van der Waals surface area (Å²) in [5.74, 6) is -2.70. The second-order valence-electron chi connectivity index (χ2n) is 9.43. The smallest absolute Gasteiger partial charge is 0.423 e. The fourth-order valence-electron chi connectivity index (χ4n) is 3.90. The van der Waals surface area contributed by atoms with Crippen LogP contribution in [0, 0.1) is 0 Å². The third kappa shape index (κ3) is 10.8. The molecule has 0 saturated heterocycles. The van der Waals surface area contributed by atoms with Gasteiger partial charge in [-0.2, -0.15) is 26.3 Å². The zero-order valence-corrected chi connectivity index (χ0v) is 22.6. The lowest BCUT2D eigenvalue weighted by molar-refractivity contribution is -0.138. The number of rotatable bonds is 13. The molecule has 236 valence electrons. The SMILES string of the molecule is NCCN(CCN)C(=O)C[C@H](N)C(=O)N[C@H](Cc1ccc(C(F)(F)F)cc1)C(=O)Nc1cc(B(O)O)cc(C(F)(F)F)c1. The van der Waals surface area contributed by atoms with E-state index in [1.54, 1.807) is 0 Å². The van der Waals surface area contributed by atoms with Crippen LogP contribution in [0.15, 0.2) is 42.5 Å². The molecule has 0 aliphatic heterocycles. The molecule has 0 heterocycles. The molecule has 0 saturated carbocycles. The number of amides is 3. The van der Waals surface area contributed by atoms with Crippen LogP contribution in [0.2, 0.25) is 0 Å². The van der Waals surface area contributed by atoms with E-state index >= 15 is 0 Å². The van der Waals surface area contributed by atoms with Crippen molar-refractivity contribution < 1.29 is 50.8 Å². The number of alkyl halides is 6. The Bertz CT molecular complexity index is 1260. The molecule has 0 radical (unpaired) electrons. The first-order chi connectivity index (χ1) is 20.0. The molecule has 18 heteroatoms. The number of nitrogens with two attached hydrogens (primary N) is 3. The molecule has 0 spiro atoms. The van der Waals surface area contributed by atoms with Crippen LogP contribution in [-0.4, -0.2) is 78.1 Å². The van der Waals surface area contributed by atoms with E-state index in [2.05, 4.69) is 10.6 Å². The average Bonchev–Trinajstić information content (AvgIpc) is 2.91. The maximum absolute atomic E-state index is 13.4. The van der Waals surface area contributed by atoms with Gasteiger partial charge in [0.25, 0.3) is 0 Å². The molecule has 2 aromatic rings. The molecule has 0 aromatic heterocycles. The lowest BCUT2D eigenvalue weighted by Gasteiger charge is -2.24. The van der Waals surface area contributed by atoms with Crippen LogP contribution in [0.5, 0.6) is 0 Å². The topological polar surface area (TPSA) is 197 Å². The fraction of sp³-hybridized carbons (Fsp3) is 0.400. The van der Waals surface area contributed by atoms with Gasteiger partial charge in [0.15, 0.2) is 0 Å². The Balaban J connectivity index is 2.34. The van der Waals surface area contributed by atoms with Crippen LogP contribution in [0.1, 0.15) is 23.1 Å². The van der Waals surface area contributed by atoms with Gasteiger partial charge >= 0.3 is 19.5 Å². The van der Waals surface area contributed by atoms with Crippen molar-refractivity contribution in [2.45, 2.75) is 37.3 Å². The standard InChI is InChI=1S/C25H31BF6N6O5/c27-24(28,29)15-3-1-14(2-4-15)9-20(37-22(40)19(35)13-21(39)38(7-5-33)8-6-34)23(41)36-18-11-16(25(30,31)32)10-17(12-18)26(42)43/h1-4,10-12,19-20,42-43H,5-9,13,33-35H2,(H,36,41)(H,37,40)/t19-,20+/m0/s1. The number of nitrogens with zero attached hydrogens (tertiary/aromatic N) is 1. The number of anilines is 1. The van der Waals surface area contributed by atoms with Crippen molar-refractivity contribution in [2.75, 3.05) is 31.5 Å². The van der Waals surface area contributed by atoms with Gasteiger partial charge < -0.3 is 42.8 Å². The maximum Gasteiger partial charge on any atom is 0.488 e. The van der Waals surface area contributed by atoms with Gasteiger partial charge in [-0.15, -0.1) is 0 Å². The van der Waals surface area contributed by atoms with E-state index in [-0.39, 0.29) is 31.7 Å². The molecular formula is C25H31BF6N6O5. The Morgan fingerprint density at radius 1 is 0.860 bits per heavy atom. The summed E-state index contributed by atoms with van der Waals surface area (Å²) in [7, 11) is -2.32. The molecular weight excluding hydrogens is 589 g/mol. The Labute approximate surface area is 242 Å². The molecule has 11 nitrogen and oxygen atoms in total. The van der Waals surface area contributed by atoms with Gasteiger partial charge in [0.05, 0.1) is 23.6 Å². The first kappa shape index (κ1) is 35.5. The minimum Gasteiger partial charge on any atom is -0.423 e. The molecule has 2 aromatic carbocycles. The number of hydrogen-bond donors (Lipinski definition) is 7. The zero-order chi connectivity index (χ0) is 32.5. The van der Waals surface area contributed by atoms with E-state index in [4.69, 9.17) is 17.2 Å². The number of hydrogen-bond acceptors (Lipinski definition) is 8. The van der Waals surface area contributed by atoms with Crippen LogP contribution in [0.3, 0.4) is 0 Å². The predicted octanol–water partition coefficient (Wildman–Crippen LogP) is -0.467. The highest BCUT2D eigenvalue weighted by Crippen LogP contribution is 2.31. The number of carbonyl (C=O) groups is 3. The predicted molar refractivity (Wildman–Crippen MR) is 144 cm³/mol. The molecule has 0 aliphatic carbocycles. The van der Waals surface area contributed by atoms with Crippen LogP contribution >= 0.6 is 0 Å². The molecule has 0 aliphatic rings. The molecule has 0 unspecified atom stereocenters. The van der Waals surface area contributed by atoms with Gasteiger partial charge in [-0.05, 0) is 35.3 Å². The highest BCUT2D eigenvalue weighted by molar-refractivity contribution is 6.58. The van der Waals surface area contributed by atoms with Crippen molar-refractivity contribution in [1.29, 1.82) is 0 Å². The quantitative estimate of drug-likeness (QED) is 0.115. The first-order valence-electron chi connectivity index (χ1n) is 12.8. The summed E-state index contributed by atoms with van der Waals surface area (Å²) in [6.45, 7) is 0.468. The summed E-state index contributed by atoms with van der Waals surface area (Å²) in [6.07, 6.45) is -10.5. The minimum absolute atomic E-state index is 0.104. The second kappa shape index (κ2) is 15.1. The Morgan fingerprint density at radius 3 is 1.91 bits per heavy atom. The second-order valence-corrected chi connectivity index (χ2v) is 9.43. The molecule has 43 heavy (non-hydrogen) atoms. The van der Waals surface area contributed by atoms with Crippen LogP contribution in [0.4, 0.5) is 32.0 Å². The van der Waals surface area contributed by atoms with Crippen molar-refractivity contribution in [1.82, 2.24) is 10.2 Å². The third-order valence-corrected chi connectivity index (χ3v) is 6.08. The van der Waals surface area contributed by atoms with Crippen molar-refractivity contribution in [2.24, 2.45) is 17.2 Å². The summed E-state index contributed by atoms with van der Waals surface area (Å²) in [5.41, 5.74) is 13.5. The highest BCUT2D eigenvalue weighted by atomic mass is 19.4. The van der Waals surface area contributed by atoms with Gasteiger partial charge in [0.2, 0.25) is 17.7 Å². The van der Waals surface area contributed by atoms with E-state index in [9.17, 15) is 50.8 Å². The molecule has 2 rings (SSSR count). The highest BCUT2D eigenvalue weighted by Gasteiger charge is 2.34. The number of carbonyl (C=O) groups excluding carboxylic acids is 3. The fourth-order valence-corrected chi connectivity index (χ4v) is 3.90. The first-order valence-corrected chi connectivity index (χ1v) is 12.8. The Hall–Kier alpha value is -3.71. The number of halogens is 6. The van der Waals surface area contributed by atoms with Crippen LogP contribution < -0.4 is 33.3 Å². The Morgan fingerprint density at radius 2 is 1.42 bits per heavy atom. The van der Waals surface area contributed by atoms with E-state index in [0.717, 1.165) is 30.3 Å². The van der Waals surface area contributed by atoms with Crippen molar-refractivity contribution >= 4 is 36.0 Å². The molecule has 10 N–H and O–H groups in total. The lowest BCUT2D eigenvalue weighted by Crippen LogP contribution is -2.52. The number of nitrogens with one attached hydrogen (secondary N) is 2. The van der Waals surface area contributed by atoms with E-state index < -0.39 is 84.4 Å². The van der Waals surface area contributed by atoms with Crippen LogP contribution in [-0.2, 0) is 33.2 Å². The average molecular weight is 620 g/mol. The summed E-state index contributed by atoms with van der Waals surface area (Å²) < 4.78 is 79.0. The summed E-state index contributed by atoms with van der Waals surface area (Å²) in [5, 5.41) is 23.2. The van der Waals surface area contributed by atoms with Gasteiger partial charge in [-0.25, -0.2) is 0 Å². The minimum atomic E-state index is -4.93.